The van der Waals surface area contributed by atoms with Crippen LogP contribution in [-0.4, -0.2) is 55.0 Å². The second-order valence-corrected chi connectivity index (χ2v) is 8.38. The molecular weight excluding hydrogens is 342 g/mol. The molecule has 1 unspecified atom stereocenters. The van der Waals surface area contributed by atoms with Gasteiger partial charge in [0.1, 0.15) is 5.75 Å². The standard InChI is InChI=1S/C21H29N3O3/c1-15-4-7-18(27-2)17(12-15)22-20(26)24-11-9-21(14-24)8-3-10-23(19(21)25)13-16-5-6-16/h4,7,12,16H,3,5-6,8-11,13-14H2,1-2H3,(H,22,26). The molecule has 0 bridgehead atoms. The van der Waals surface area contributed by atoms with Crippen LogP contribution in [0.5, 0.6) is 5.75 Å². The number of hydrogen-bond acceptors (Lipinski definition) is 3. The highest BCUT2D eigenvalue weighted by Crippen LogP contribution is 2.42. The number of rotatable bonds is 4. The van der Waals surface area contributed by atoms with Crippen molar-refractivity contribution in [3.05, 3.63) is 23.8 Å². The zero-order chi connectivity index (χ0) is 19.0. The van der Waals surface area contributed by atoms with Crippen LogP contribution < -0.4 is 10.1 Å². The summed E-state index contributed by atoms with van der Waals surface area (Å²) in [5.41, 5.74) is 1.36. The first-order valence-corrected chi connectivity index (χ1v) is 10.0. The SMILES string of the molecule is COc1ccc(C)cc1NC(=O)N1CCC2(CCCN(CC3CC3)C2=O)C1. The van der Waals surface area contributed by atoms with Gasteiger partial charge in [-0.05, 0) is 62.6 Å². The summed E-state index contributed by atoms with van der Waals surface area (Å²) in [6.45, 7) is 4.92. The highest BCUT2D eigenvalue weighted by Gasteiger charge is 2.50. The minimum Gasteiger partial charge on any atom is -0.495 e. The molecule has 1 N–H and O–H groups in total. The number of amides is 3. The maximum absolute atomic E-state index is 13.1. The Morgan fingerprint density at radius 3 is 2.85 bits per heavy atom. The minimum absolute atomic E-state index is 0.150. The molecule has 0 radical (unpaired) electrons. The van der Waals surface area contributed by atoms with Gasteiger partial charge >= 0.3 is 6.03 Å². The van der Waals surface area contributed by atoms with E-state index in [2.05, 4.69) is 10.2 Å². The van der Waals surface area contributed by atoms with Crippen LogP contribution in [0.2, 0.25) is 0 Å². The molecule has 2 aliphatic heterocycles. The molecule has 2 heterocycles. The number of anilines is 1. The van der Waals surface area contributed by atoms with Crippen molar-refractivity contribution in [1.82, 2.24) is 9.80 Å². The van der Waals surface area contributed by atoms with Crippen LogP contribution in [0.1, 0.15) is 37.7 Å². The summed E-state index contributed by atoms with van der Waals surface area (Å²) in [6, 6.07) is 5.57. The zero-order valence-electron chi connectivity index (χ0n) is 16.3. The van der Waals surface area contributed by atoms with Crippen LogP contribution in [0.25, 0.3) is 0 Å². The molecule has 3 amide bonds. The van der Waals surface area contributed by atoms with Gasteiger partial charge in [0.2, 0.25) is 5.91 Å². The molecule has 2 saturated heterocycles. The Morgan fingerprint density at radius 1 is 1.30 bits per heavy atom. The first-order valence-electron chi connectivity index (χ1n) is 10.0. The number of aryl methyl sites for hydroxylation is 1. The third-order valence-electron chi connectivity index (χ3n) is 6.24. The second kappa shape index (κ2) is 7.06. The summed E-state index contributed by atoms with van der Waals surface area (Å²) in [5.74, 6) is 1.62. The molecule has 0 aromatic heterocycles. The third kappa shape index (κ3) is 3.62. The normalized spacial score (nSPS) is 25.2. The van der Waals surface area contributed by atoms with E-state index in [9.17, 15) is 9.59 Å². The molecule has 1 aromatic carbocycles. The van der Waals surface area contributed by atoms with Crippen LogP contribution in [0, 0.1) is 18.3 Å². The maximum Gasteiger partial charge on any atom is 0.321 e. The first-order chi connectivity index (χ1) is 13.0. The van der Waals surface area contributed by atoms with E-state index in [0.29, 0.717) is 30.4 Å². The number of methoxy groups -OCH3 is 1. The Bertz CT molecular complexity index is 746. The average Bonchev–Trinajstić information content (AvgIpc) is 3.36. The smallest absolute Gasteiger partial charge is 0.321 e. The predicted molar refractivity (Wildman–Crippen MR) is 104 cm³/mol. The van der Waals surface area contributed by atoms with Crippen molar-refractivity contribution in [3.63, 3.8) is 0 Å². The number of nitrogens with zero attached hydrogens (tertiary/aromatic N) is 2. The van der Waals surface area contributed by atoms with Gasteiger partial charge in [-0.15, -0.1) is 0 Å². The number of ether oxygens (including phenoxy) is 1. The van der Waals surface area contributed by atoms with Crippen molar-refractivity contribution in [2.45, 2.75) is 39.0 Å². The van der Waals surface area contributed by atoms with Crippen LogP contribution in [0.15, 0.2) is 18.2 Å². The largest absolute Gasteiger partial charge is 0.495 e. The fourth-order valence-corrected chi connectivity index (χ4v) is 4.48. The molecular formula is C21H29N3O3. The molecule has 27 heavy (non-hydrogen) atoms. The van der Waals surface area contributed by atoms with E-state index in [1.54, 1.807) is 12.0 Å². The molecule has 1 aliphatic carbocycles. The lowest BCUT2D eigenvalue weighted by molar-refractivity contribution is -0.145. The lowest BCUT2D eigenvalue weighted by Gasteiger charge is -2.39. The maximum atomic E-state index is 13.1. The number of carbonyl (C=O) groups is 2. The molecule has 1 aromatic rings. The van der Waals surface area contributed by atoms with E-state index in [-0.39, 0.29) is 17.4 Å². The van der Waals surface area contributed by atoms with Gasteiger partial charge in [0.25, 0.3) is 0 Å². The summed E-state index contributed by atoms with van der Waals surface area (Å²) in [6.07, 6.45) is 5.21. The fraction of sp³-hybridized carbons (Fsp3) is 0.619. The van der Waals surface area contributed by atoms with Crippen molar-refractivity contribution in [3.8, 4) is 5.75 Å². The quantitative estimate of drug-likeness (QED) is 0.884. The lowest BCUT2D eigenvalue weighted by Crippen LogP contribution is -2.51. The molecule has 146 valence electrons. The van der Waals surface area contributed by atoms with Crippen molar-refractivity contribution in [1.29, 1.82) is 0 Å². The van der Waals surface area contributed by atoms with Crippen LogP contribution in [0.3, 0.4) is 0 Å². The molecule has 3 aliphatic rings. The molecule has 1 spiro atoms. The minimum atomic E-state index is -0.374. The van der Waals surface area contributed by atoms with Gasteiger partial charge in [-0.2, -0.15) is 0 Å². The molecule has 1 atom stereocenters. The Balaban J connectivity index is 1.43. The number of hydrogen-bond donors (Lipinski definition) is 1. The van der Waals surface area contributed by atoms with Gasteiger partial charge in [0.05, 0.1) is 18.2 Å². The lowest BCUT2D eigenvalue weighted by atomic mass is 9.78. The van der Waals surface area contributed by atoms with Crippen LogP contribution >= 0.6 is 0 Å². The molecule has 4 rings (SSSR count). The first kappa shape index (κ1) is 18.1. The summed E-state index contributed by atoms with van der Waals surface area (Å²) in [7, 11) is 1.60. The van der Waals surface area contributed by atoms with Gasteiger partial charge in [-0.3, -0.25) is 4.79 Å². The van der Waals surface area contributed by atoms with E-state index in [0.717, 1.165) is 37.9 Å². The number of benzene rings is 1. The number of likely N-dealkylation sites (tertiary alicyclic amines) is 2. The van der Waals surface area contributed by atoms with E-state index in [1.807, 2.05) is 25.1 Å². The fourth-order valence-electron chi connectivity index (χ4n) is 4.48. The predicted octanol–water partition coefficient (Wildman–Crippen LogP) is 3.26. The van der Waals surface area contributed by atoms with Gasteiger partial charge < -0.3 is 19.9 Å². The molecule has 3 fully saturated rings. The molecule has 6 heteroatoms. The molecule has 1 saturated carbocycles. The monoisotopic (exact) mass is 371 g/mol. The van der Waals surface area contributed by atoms with Crippen LogP contribution in [-0.2, 0) is 4.79 Å². The number of urea groups is 1. The summed E-state index contributed by atoms with van der Waals surface area (Å²) < 4.78 is 5.35. The van der Waals surface area contributed by atoms with Crippen molar-refractivity contribution < 1.29 is 14.3 Å². The number of carbonyl (C=O) groups excluding carboxylic acids is 2. The summed E-state index contributed by atoms with van der Waals surface area (Å²) in [5, 5.41) is 2.97. The van der Waals surface area contributed by atoms with E-state index >= 15 is 0 Å². The summed E-state index contributed by atoms with van der Waals surface area (Å²) >= 11 is 0. The zero-order valence-corrected chi connectivity index (χ0v) is 16.3. The average molecular weight is 371 g/mol. The van der Waals surface area contributed by atoms with Gasteiger partial charge in [0, 0.05) is 26.2 Å². The Morgan fingerprint density at radius 2 is 2.11 bits per heavy atom. The topological polar surface area (TPSA) is 61.9 Å². The van der Waals surface area contributed by atoms with E-state index in [4.69, 9.17) is 4.74 Å². The number of nitrogens with one attached hydrogen (secondary N) is 1. The number of piperidine rings is 1. The van der Waals surface area contributed by atoms with Gasteiger partial charge in [-0.25, -0.2) is 4.79 Å². The van der Waals surface area contributed by atoms with Crippen molar-refractivity contribution >= 4 is 17.6 Å². The van der Waals surface area contributed by atoms with E-state index in [1.165, 1.54) is 12.8 Å². The second-order valence-electron chi connectivity index (χ2n) is 8.38. The molecule has 6 nitrogen and oxygen atoms in total. The Kier molecular flexibility index (Phi) is 4.74. The van der Waals surface area contributed by atoms with Gasteiger partial charge in [-0.1, -0.05) is 6.07 Å². The van der Waals surface area contributed by atoms with Crippen LogP contribution in [0.4, 0.5) is 10.5 Å². The Hall–Kier alpha value is -2.24. The highest BCUT2D eigenvalue weighted by atomic mass is 16.5. The van der Waals surface area contributed by atoms with E-state index < -0.39 is 0 Å². The van der Waals surface area contributed by atoms with Gasteiger partial charge in [0.15, 0.2) is 0 Å². The van der Waals surface area contributed by atoms with Crippen molar-refractivity contribution in [2.75, 3.05) is 38.6 Å². The third-order valence-corrected chi connectivity index (χ3v) is 6.24. The van der Waals surface area contributed by atoms with Crippen molar-refractivity contribution in [2.24, 2.45) is 11.3 Å². The Labute approximate surface area is 160 Å². The highest BCUT2D eigenvalue weighted by molar-refractivity contribution is 5.92. The summed E-state index contributed by atoms with van der Waals surface area (Å²) in [4.78, 5) is 29.8.